The third-order valence-electron chi connectivity index (χ3n) is 5.42. The van der Waals surface area contributed by atoms with Crippen molar-refractivity contribution in [1.29, 1.82) is 0 Å². The summed E-state index contributed by atoms with van der Waals surface area (Å²) >= 11 is 0. The Bertz CT molecular complexity index is 424. The van der Waals surface area contributed by atoms with E-state index in [0.717, 1.165) is 27.7 Å². The van der Waals surface area contributed by atoms with Crippen molar-refractivity contribution < 1.29 is 55.8 Å². The molecule has 1 aliphatic heterocycles. The maximum absolute atomic E-state index is 10.1. The minimum atomic E-state index is -2.22. The third-order valence-corrected chi connectivity index (χ3v) is 5.42. The molecule has 0 aromatic carbocycles. The summed E-state index contributed by atoms with van der Waals surface area (Å²) in [5, 5.41) is 93.3. The van der Waals surface area contributed by atoms with Gasteiger partial charge in [0.15, 0.2) is 0 Å². The molecule has 1 aliphatic rings. The van der Waals surface area contributed by atoms with Gasteiger partial charge in [-0.25, -0.2) is 0 Å². The highest BCUT2D eigenvalue weighted by Gasteiger charge is 2.61. The first-order valence-electron chi connectivity index (χ1n) is 8.42. The van der Waals surface area contributed by atoms with Gasteiger partial charge in [0.2, 0.25) is 0 Å². The number of hydrogen-bond acceptors (Lipinski definition) is 11. The molecule has 10 N–H and O–H groups in total. The van der Waals surface area contributed by atoms with E-state index in [9.17, 15) is 20.4 Å². The number of aliphatic hydroxyl groups excluding tert-OH is 6. The number of aliphatic hydroxyl groups is 10. The molecule has 164 valence electrons. The predicted octanol–water partition coefficient (Wildman–Crippen LogP) is -4.56. The van der Waals surface area contributed by atoms with Gasteiger partial charge in [0.1, 0.15) is 46.8 Å². The predicted molar refractivity (Wildman–Crippen MR) is 91.5 cm³/mol. The van der Waals surface area contributed by atoms with Crippen molar-refractivity contribution in [3.05, 3.63) is 0 Å². The Balaban J connectivity index is 0.000000533. The largest absolute Gasteiger partial charge is 0.394 e. The first-order valence-corrected chi connectivity index (χ1v) is 8.42. The van der Waals surface area contributed by atoms with Crippen molar-refractivity contribution in [2.75, 3.05) is 26.4 Å². The van der Waals surface area contributed by atoms with E-state index in [-0.39, 0.29) is 6.61 Å². The highest BCUT2D eigenvalue weighted by Crippen LogP contribution is 2.39. The van der Waals surface area contributed by atoms with Crippen LogP contribution in [0.4, 0.5) is 0 Å². The summed E-state index contributed by atoms with van der Waals surface area (Å²) in [4.78, 5) is 0. The van der Waals surface area contributed by atoms with E-state index in [0.29, 0.717) is 0 Å². The summed E-state index contributed by atoms with van der Waals surface area (Å²) in [6.45, 7) is 2.30. The van der Waals surface area contributed by atoms with Gasteiger partial charge in [-0.3, -0.25) is 0 Å². The van der Waals surface area contributed by atoms with Crippen LogP contribution in [0.15, 0.2) is 0 Å². The zero-order valence-electron chi connectivity index (χ0n) is 16.0. The van der Waals surface area contributed by atoms with Crippen molar-refractivity contribution in [2.45, 2.75) is 74.5 Å². The van der Waals surface area contributed by atoms with Crippen LogP contribution in [0.25, 0.3) is 0 Å². The van der Waals surface area contributed by atoms with E-state index in [2.05, 4.69) is 0 Å². The molecule has 0 bridgehead atoms. The minimum absolute atomic E-state index is 0.00287. The smallest absolute Gasteiger partial charge is 0.124 e. The molecule has 0 amide bonds. The lowest BCUT2D eigenvalue weighted by Crippen LogP contribution is -2.73. The molecular formula is C16H34O11. The summed E-state index contributed by atoms with van der Waals surface area (Å²) in [7, 11) is 0. The van der Waals surface area contributed by atoms with Gasteiger partial charge in [0, 0.05) is 0 Å². The molecule has 0 saturated carbocycles. The molecule has 1 heterocycles. The summed E-state index contributed by atoms with van der Waals surface area (Å²) < 4.78 is 4.82. The Morgan fingerprint density at radius 1 is 0.852 bits per heavy atom. The number of ether oxygens (including phenoxy) is 1. The number of hydrogen-bond donors (Lipinski definition) is 10. The van der Waals surface area contributed by atoms with Gasteiger partial charge in [0.05, 0.1) is 26.4 Å². The fraction of sp³-hybridized carbons (Fsp3) is 1.00. The zero-order valence-corrected chi connectivity index (χ0v) is 16.0. The maximum Gasteiger partial charge on any atom is 0.124 e. The van der Waals surface area contributed by atoms with E-state index in [1.54, 1.807) is 0 Å². The molecule has 11 nitrogen and oxygen atoms in total. The Labute approximate surface area is 157 Å². The minimum Gasteiger partial charge on any atom is -0.394 e. The summed E-state index contributed by atoms with van der Waals surface area (Å²) in [5.41, 5.74) is -8.51. The van der Waals surface area contributed by atoms with Crippen LogP contribution >= 0.6 is 0 Å². The lowest BCUT2D eigenvalue weighted by molar-refractivity contribution is -0.290. The van der Waals surface area contributed by atoms with Gasteiger partial charge in [0.25, 0.3) is 0 Å². The first kappa shape index (κ1) is 26.6. The SMILES string of the molecule is CC(O)(CO)C(C)(O)C(C)(O)C(C)(O)CO.OCC(O)C1OCC(O)C1O. The van der Waals surface area contributed by atoms with Crippen LogP contribution < -0.4 is 0 Å². The van der Waals surface area contributed by atoms with Gasteiger partial charge in [-0.1, -0.05) is 0 Å². The normalized spacial score (nSPS) is 32.9. The van der Waals surface area contributed by atoms with Crippen molar-refractivity contribution in [2.24, 2.45) is 0 Å². The molecule has 8 unspecified atom stereocenters. The van der Waals surface area contributed by atoms with Crippen LogP contribution in [-0.2, 0) is 4.74 Å². The van der Waals surface area contributed by atoms with E-state index in [1.165, 1.54) is 0 Å². The average molecular weight is 402 g/mol. The fourth-order valence-corrected chi connectivity index (χ4v) is 2.43. The molecule has 0 spiro atoms. The van der Waals surface area contributed by atoms with E-state index < -0.39 is 66.6 Å². The van der Waals surface area contributed by atoms with Crippen molar-refractivity contribution in [3.8, 4) is 0 Å². The Kier molecular flexibility index (Phi) is 9.22. The summed E-state index contributed by atoms with van der Waals surface area (Å²) in [5.74, 6) is 0. The van der Waals surface area contributed by atoms with Crippen molar-refractivity contribution >= 4 is 0 Å². The van der Waals surface area contributed by atoms with E-state index in [1.807, 2.05) is 0 Å². The van der Waals surface area contributed by atoms with Crippen molar-refractivity contribution in [3.63, 3.8) is 0 Å². The first-order chi connectivity index (χ1) is 12.0. The molecular weight excluding hydrogens is 368 g/mol. The molecule has 0 aliphatic carbocycles. The number of rotatable bonds is 7. The molecule has 1 saturated heterocycles. The monoisotopic (exact) mass is 402 g/mol. The molecule has 11 heteroatoms. The highest BCUT2D eigenvalue weighted by molar-refractivity contribution is 5.12. The molecule has 8 atom stereocenters. The third kappa shape index (κ3) is 5.34. The zero-order chi connectivity index (χ0) is 21.8. The van der Waals surface area contributed by atoms with Gasteiger partial charge in [-0.15, -0.1) is 0 Å². The Morgan fingerprint density at radius 2 is 1.22 bits per heavy atom. The quantitative estimate of drug-likeness (QED) is 0.196. The van der Waals surface area contributed by atoms with E-state index >= 15 is 0 Å². The van der Waals surface area contributed by atoms with E-state index in [4.69, 9.17) is 35.4 Å². The lowest BCUT2D eigenvalue weighted by atomic mass is 9.66. The van der Waals surface area contributed by atoms with Crippen molar-refractivity contribution in [1.82, 2.24) is 0 Å². The van der Waals surface area contributed by atoms with Gasteiger partial charge < -0.3 is 55.8 Å². The van der Waals surface area contributed by atoms with Gasteiger partial charge in [-0.05, 0) is 27.7 Å². The Hall–Kier alpha value is -0.440. The second kappa shape index (κ2) is 9.37. The Morgan fingerprint density at radius 3 is 1.44 bits per heavy atom. The molecule has 1 rings (SSSR count). The van der Waals surface area contributed by atoms with Crippen LogP contribution in [0.5, 0.6) is 0 Å². The summed E-state index contributed by atoms with van der Waals surface area (Å²) in [6.07, 6.45) is -4.05. The molecule has 1 fully saturated rings. The van der Waals surface area contributed by atoms with Crippen LogP contribution in [0.1, 0.15) is 27.7 Å². The highest BCUT2D eigenvalue weighted by atomic mass is 16.5. The van der Waals surface area contributed by atoms with Gasteiger partial charge >= 0.3 is 0 Å². The van der Waals surface area contributed by atoms with Crippen LogP contribution in [0, 0.1) is 0 Å². The topological polar surface area (TPSA) is 212 Å². The molecule has 27 heavy (non-hydrogen) atoms. The van der Waals surface area contributed by atoms with Gasteiger partial charge in [-0.2, -0.15) is 0 Å². The van der Waals surface area contributed by atoms with Crippen LogP contribution in [0.2, 0.25) is 0 Å². The standard InChI is InChI=1S/C10H22O6.C6H12O5/c1-7(13,5-11)9(3,15)10(4,16)8(2,14)6-12;7-1-3(8)6-5(10)4(9)2-11-6/h11-16H,5-6H2,1-4H3;3-10H,1-2H2. The second-order valence-corrected chi connectivity index (χ2v) is 7.61. The molecule has 0 radical (unpaired) electrons. The average Bonchev–Trinajstić information content (AvgIpc) is 2.93. The fourth-order valence-electron chi connectivity index (χ4n) is 2.43. The molecule has 0 aromatic rings. The molecule has 0 aromatic heterocycles. The van der Waals surface area contributed by atoms with Crippen LogP contribution in [-0.4, -0.2) is 124 Å². The lowest BCUT2D eigenvalue weighted by Gasteiger charge is -2.52. The summed E-state index contributed by atoms with van der Waals surface area (Å²) in [6, 6.07) is 0. The second-order valence-electron chi connectivity index (χ2n) is 7.61. The van der Waals surface area contributed by atoms with Crippen LogP contribution in [0.3, 0.4) is 0 Å². The maximum atomic E-state index is 10.1.